The Kier molecular flexibility index (Phi) is 6.36. The molecule has 1 aromatic carbocycles. The van der Waals surface area contributed by atoms with E-state index in [-0.39, 0.29) is 5.60 Å². The van der Waals surface area contributed by atoms with Crippen molar-refractivity contribution in [3.05, 3.63) is 33.8 Å². The minimum atomic E-state index is 0.0737. The number of halogens is 2. The van der Waals surface area contributed by atoms with Gasteiger partial charge >= 0.3 is 0 Å². The van der Waals surface area contributed by atoms with Gasteiger partial charge in [-0.2, -0.15) is 0 Å². The van der Waals surface area contributed by atoms with E-state index < -0.39 is 0 Å². The highest BCUT2D eigenvalue weighted by molar-refractivity contribution is 6.35. The number of hydrogen-bond acceptors (Lipinski definition) is 2. The molecular weight excluding hydrogens is 305 g/mol. The van der Waals surface area contributed by atoms with Crippen LogP contribution in [0.25, 0.3) is 0 Å². The molecule has 4 heteroatoms. The first-order valence-corrected chi connectivity index (χ1v) is 8.56. The second-order valence-electron chi connectivity index (χ2n) is 6.04. The third kappa shape index (κ3) is 4.59. The summed E-state index contributed by atoms with van der Waals surface area (Å²) >= 11 is 12.3. The maximum Gasteiger partial charge on any atom is 0.0693 e. The summed E-state index contributed by atoms with van der Waals surface area (Å²) in [6, 6.07) is 6.16. The highest BCUT2D eigenvalue weighted by Crippen LogP contribution is 2.39. The molecule has 1 aliphatic carbocycles. The molecule has 1 N–H and O–H groups in total. The molecule has 118 valence electrons. The molecule has 0 saturated heterocycles. The number of benzene rings is 1. The predicted molar refractivity (Wildman–Crippen MR) is 90.5 cm³/mol. The van der Waals surface area contributed by atoms with Crippen LogP contribution in [-0.4, -0.2) is 25.3 Å². The third-order valence-electron chi connectivity index (χ3n) is 4.48. The minimum Gasteiger partial charge on any atom is -0.378 e. The zero-order valence-corrected chi connectivity index (χ0v) is 14.4. The Morgan fingerprint density at radius 3 is 2.62 bits per heavy atom. The second kappa shape index (κ2) is 7.82. The van der Waals surface area contributed by atoms with Crippen LogP contribution in [0.3, 0.4) is 0 Å². The molecule has 0 amide bonds. The van der Waals surface area contributed by atoms with Crippen molar-refractivity contribution in [1.29, 1.82) is 0 Å². The summed E-state index contributed by atoms with van der Waals surface area (Å²) in [4.78, 5) is 0. The molecule has 2 rings (SSSR count). The molecule has 0 bridgehead atoms. The summed E-state index contributed by atoms with van der Waals surface area (Å²) in [5.74, 6) is 0. The molecule has 1 aliphatic rings. The lowest BCUT2D eigenvalue weighted by Crippen LogP contribution is -2.46. The first kappa shape index (κ1) is 17.1. The van der Waals surface area contributed by atoms with Crippen molar-refractivity contribution >= 4 is 23.2 Å². The number of methoxy groups -OCH3 is 1. The van der Waals surface area contributed by atoms with Crippen molar-refractivity contribution in [2.45, 2.75) is 57.1 Å². The summed E-state index contributed by atoms with van der Waals surface area (Å²) in [6.45, 7) is 3.21. The lowest BCUT2D eigenvalue weighted by molar-refractivity contribution is -0.0834. The summed E-state index contributed by atoms with van der Waals surface area (Å²) in [6.07, 6.45) is 6.70. The standard InChI is InChI=1S/C17H25Cl2NO/c1-3-9-20-15(12-17(21-2)7-4-8-17)10-13-5-6-14(18)11-16(13)19/h5-6,11,15,20H,3-4,7-10,12H2,1-2H3. The van der Waals surface area contributed by atoms with Gasteiger partial charge in [-0.25, -0.2) is 0 Å². The van der Waals surface area contributed by atoms with Crippen molar-refractivity contribution in [3.63, 3.8) is 0 Å². The van der Waals surface area contributed by atoms with E-state index in [1.807, 2.05) is 25.3 Å². The summed E-state index contributed by atoms with van der Waals surface area (Å²) in [5, 5.41) is 5.09. The van der Waals surface area contributed by atoms with Gasteiger partial charge in [-0.1, -0.05) is 36.2 Å². The fourth-order valence-corrected chi connectivity index (χ4v) is 3.52. The lowest BCUT2D eigenvalue weighted by atomic mass is 9.75. The van der Waals surface area contributed by atoms with Crippen LogP contribution in [0.4, 0.5) is 0 Å². The van der Waals surface area contributed by atoms with E-state index in [2.05, 4.69) is 12.2 Å². The first-order valence-electron chi connectivity index (χ1n) is 7.81. The van der Waals surface area contributed by atoms with Crippen LogP contribution in [0, 0.1) is 0 Å². The molecule has 1 saturated carbocycles. The normalized spacial score (nSPS) is 18.3. The van der Waals surface area contributed by atoms with Crippen LogP contribution in [0.15, 0.2) is 18.2 Å². The van der Waals surface area contributed by atoms with Crippen molar-refractivity contribution < 1.29 is 4.74 Å². The molecule has 21 heavy (non-hydrogen) atoms. The van der Waals surface area contributed by atoms with Crippen LogP contribution < -0.4 is 5.32 Å². The SMILES string of the molecule is CCCNC(Cc1ccc(Cl)cc1Cl)CC1(OC)CCC1. The van der Waals surface area contributed by atoms with Crippen molar-refractivity contribution in [1.82, 2.24) is 5.32 Å². The molecule has 1 aromatic rings. The average Bonchev–Trinajstić information content (AvgIpc) is 2.42. The van der Waals surface area contributed by atoms with Crippen molar-refractivity contribution in [3.8, 4) is 0 Å². The zero-order valence-electron chi connectivity index (χ0n) is 12.9. The molecule has 0 aliphatic heterocycles. The Labute approximate surface area is 138 Å². The number of hydrogen-bond donors (Lipinski definition) is 1. The van der Waals surface area contributed by atoms with Gasteiger partial charge in [-0.15, -0.1) is 0 Å². The Morgan fingerprint density at radius 2 is 2.10 bits per heavy atom. The maximum atomic E-state index is 6.32. The van der Waals surface area contributed by atoms with Crippen molar-refractivity contribution in [2.75, 3.05) is 13.7 Å². The molecule has 0 spiro atoms. The van der Waals surface area contributed by atoms with Gasteiger partial charge in [0, 0.05) is 23.2 Å². The van der Waals surface area contributed by atoms with Gasteiger partial charge in [0.05, 0.1) is 5.60 Å². The summed E-state index contributed by atoms with van der Waals surface area (Å²) in [7, 11) is 1.84. The molecular formula is C17H25Cl2NO. The van der Waals surface area contributed by atoms with E-state index in [1.165, 1.54) is 19.3 Å². The number of ether oxygens (including phenoxy) is 1. The van der Waals surface area contributed by atoms with Crippen LogP contribution in [-0.2, 0) is 11.2 Å². The van der Waals surface area contributed by atoms with Gasteiger partial charge < -0.3 is 10.1 Å². The minimum absolute atomic E-state index is 0.0737. The van der Waals surface area contributed by atoms with E-state index >= 15 is 0 Å². The van der Waals surface area contributed by atoms with Gasteiger partial charge in [0.1, 0.15) is 0 Å². The Hall–Kier alpha value is -0.280. The van der Waals surface area contributed by atoms with E-state index in [0.29, 0.717) is 11.1 Å². The van der Waals surface area contributed by atoms with Gasteiger partial charge in [-0.3, -0.25) is 0 Å². The largest absolute Gasteiger partial charge is 0.378 e. The van der Waals surface area contributed by atoms with Gasteiger partial charge in [0.15, 0.2) is 0 Å². The van der Waals surface area contributed by atoms with Gasteiger partial charge in [0.2, 0.25) is 0 Å². The van der Waals surface area contributed by atoms with Crippen molar-refractivity contribution in [2.24, 2.45) is 0 Å². The fraction of sp³-hybridized carbons (Fsp3) is 0.647. The number of nitrogens with one attached hydrogen (secondary N) is 1. The highest BCUT2D eigenvalue weighted by atomic mass is 35.5. The molecule has 1 unspecified atom stereocenters. The van der Waals surface area contributed by atoms with Crippen LogP contribution >= 0.6 is 23.2 Å². The van der Waals surface area contributed by atoms with E-state index in [0.717, 1.165) is 36.4 Å². The fourth-order valence-electron chi connectivity index (χ4n) is 3.03. The summed E-state index contributed by atoms with van der Waals surface area (Å²) < 4.78 is 5.78. The average molecular weight is 330 g/mol. The Morgan fingerprint density at radius 1 is 1.33 bits per heavy atom. The molecule has 0 heterocycles. The second-order valence-corrected chi connectivity index (χ2v) is 6.88. The maximum absolute atomic E-state index is 6.32. The van der Waals surface area contributed by atoms with E-state index in [1.54, 1.807) is 0 Å². The van der Waals surface area contributed by atoms with Gasteiger partial charge in [-0.05, 0) is 62.8 Å². The topological polar surface area (TPSA) is 21.3 Å². The quantitative estimate of drug-likeness (QED) is 0.735. The Balaban J connectivity index is 2.04. The van der Waals surface area contributed by atoms with Crippen LogP contribution in [0.5, 0.6) is 0 Å². The monoisotopic (exact) mass is 329 g/mol. The predicted octanol–water partition coefficient (Wildman–Crippen LogP) is 4.86. The zero-order chi connectivity index (χ0) is 15.3. The molecule has 0 aromatic heterocycles. The van der Waals surface area contributed by atoms with Crippen LogP contribution in [0.1, 0.15) is 44.6 Å². The van der Waals surface area contributed by atoms with E-state index in [4.69, 9.17) is 27.9 Å². The van der Waals surface area contributed by atoms with Gasteiger partial charge in [0.25, 0.3) is 0 Å². The third-order valence-corrected chi connectivity index (χ3v) is 5.07. The van der Waals surface area contributed by atoms with Crippen LogP contribution in [0.2, 0.25) is 10.0 Å². The lowest BCUT2D eigenvalue weighted by Gasteiger charge is -2.43. The highest BCUT2D eigenvalue weighted by Gasteiger charge is 2.38. The first-order chi connectivity index (χ1) is 10.1. The Bertz CT molecular complexity index is 455. The molecule has 0 radical (unpaired) electrons. The summed E-state index contributed by atoms with van der Waals surface area (Å²) in [5.41, 5.74) is 1.23. The molecule has 2 nitrogen and oxygen atoms in total. The number of rotatable bonds is 8. The molecule has 1 atom stereocenters. The smallest absolute Gasteiger partial charge is 0.0693 e. The van der Waals surface area contributed by atoms with E-state index in [9.17, 15) is 0 Å². The molecule has 1 fully saturated rings.